The average molecular weight is 337 g/mol. The molecule has 2 rings (SSSR count). The van der Waals surface area contributed by atoms with Crippen LogP contribution in [0.5, 0.6) is 0 Å². The lowest BCUT2D eigenvalue weighted by molar-refractivity contribution is 0.387. The fraction of sp³-hybridized carbons (Fsp3) is 0.455. The minimum Gasteiger partial charge on any atom is -0.315 e. The van der Waals surface area contributed by atoms with Crippen molar-refractivity contribution in [2.75, 3.05) is 20.1 Å². The van der Waals surface area contributed by atoms with E-state index in [1.54, 1.807) is 0 Å². The zero-order valence-electron chi connectivity index (χ0n) is 9.86. The summed E-state index contributed by atoms with van der Waals surface area (Å²) in [6.45, 7) is 1.43. The van der Waals surface area contributed by atoms with Crippen molar-refractivity contribution in [2.45, 2.75) is 17.4 Å². The zero-order chi connectivity index (χ0) is 13.3. The van der Waals surface area contributed by atoms with Gasteiger partial charge in [-0.1, -0.05) is 0 Å². The maximum atomic E-state index is 13.2. The highest BCUT2D eigenvalue weighted by Crippen LogP contribution is 2.27. The van der Waals surface area contributed by atoms with Gasteiger partial charge in [0, 0.05) is 24.1 Å². The van der Waals surface area contributed by atoms with E-state index in [1.807, 2.05) is 0 Å². The number of sulfonamides is 1. The molecule has 1 aliphatic rings. The van der Waals surface area contributed by atoms with E-state index in [0.717, 1.165) is 19.0 Å². The molecule has 18 heavy (non-hydrogen) atoms. The van der Waals surface area contributed by atoms with Crippen molar-refractivity contribution in [2.24, 2.45) is 0 Å². The van der Waals surface area contributed by atoms with Gasteiger partial charge in [0.1, 0.15) is 5.82 Å². The summed E-state index contributed by atoms with van der Waals surface area (Å²) in [5.41, 5.74) is 0. The van der Waals surface area contributed by atoms with E-state index < -0.39 is 15.8 Å². The fourth-order valence-electron chi connectivity index (χ4n) is 1.98. The van der Waals surface area contributed by atoms with Gasteiger partial charge in [-0.2, -0.15) is 4.31 Å². The molecule has 0 saturated carbocycles. The number of likely N-dealkylation sites (N-methyl/N-ethyl adjacent to an activating group) is 1. The smallest absolute Gasteiger partial charge is 0.244 e. The summed E-state index contributed by atoms with van der Waals surface area (Å²) in [6.07, 6.45) is 0.767. The lowest BCUT2D eigenvalue weighted by Gasteiger charge is -2.23. The maximum absolute atomic E-state index is 13.2. The zero-order valence-corrected chi connectivity index (χ0v) is 12.3. The van der Waals surface area contributed by atoms with E-state index in [1.165, 1.54) is 23.5 Å². The predicted octanol–water partition coefficient (Wildman–Crippen LogP) is 1.57. The van der Waals surface area contributed by atoms with Crippen LogP contribution in [-0.2, 0) is 10.0 Å². The average Bonchev–Trinajstić information content (AvgIpc) is 2.84. The lowest BCUT2D eigenvalue weighted by Crippen LogP contribution is -2.38. The molecular weight excluding hydrogens is 323 g/mol. The summed E-state index contributed by atoms with van der Waals surface area (Å²) in [6, 6.07) is 3.59. The second kappa shape index (κ2) is 5.24. The number of halogens is 2. The van der Waals surface area contributed by atoms with E-state index in [0.29, 0.717) is 11.0 Å². The van der Waals surface area contributed by atoms with E-state index in [-0.39, 0.29) is 10.9 Å². The monoisotopic (exact) mass is 336 g/mol. The van der Waals surface area contributed by atoms with Crippen LogP contribution in [0.15, 0.2) is 27.6 Å². The largest absolute Gasteiger partial charge is 0.315 e. The second-order valence-corrected chi connectivity index (χ2v) is 7.06. The van der Waals surface area contributed by atoms with Gasteiger partial charge >= 0.3 is 0 Å². The molecule has 4 nitrogen and oxygen atoms in total. The van der Waals surface area contributed by atoms with Crippen LogP contribution in [0.2, 0.25) is 0 Å². The first-order valence-electron chi connectivity index (χ1n) is 5.57. The number of rotatable bonds is 3. The Labute approximate surface area is 114 Å². The molecule has 1 fully saturated rings. The SMILES string of the molecule is CN(C1CCNC1)S(=O)(=O)c1cc(F)ccc1Br. The van der Waals surface area contributed by atoms with Gasteiger partial charge in [0.25, 0.3) is 0 Å². The first-order valence-corrected chi connectivity index (χ1v) is 7.80. The van der Waals surface area contributed by atoms with Gasteiger partial charge < -0.3 is 5.32 Å². The summed E-state index contributed by atoms with van der Waals surface area (Å²) in [5, 5.41) is 3.11. The second-order valence-electron chi connectivity index (χ2n) is 4.24. The number of hydrogen-bond donors (Lipinski definition) is 1. The predicted molar refractivity (Wildman–Crippen MR) is 70.3 cm³/mol. The Morgan fingerprint density at radius 3 is 2.83 bits per heavy atom. The summed E-state index contributed by atoms with van der Waals surface area (Å²) in [4.78, 5) is -0.0306. The van der Waals surface area contributed by atoms with Gasteiger partial charge in [0.15, 0.2) is 0 Å². The Morgan fingerprint density at radius 1 is 1.50 bits per heavy atom. The van der Waals surface area contributed by atoms with E-state index in [9.17, 15) is 12.8 Å². The van der Waals surface area contributed by atoms with Gasteiger partial charge in [0.05, 0.1) is 4.90 Å². The minimum absolute atomic E-state index is 0.0306. The Morgan fingerprint density at radius 2 is 2.22 bits per heavy atom. The molecule has 0 amide bonds. The third-order valence-electron chi connectivity index (χ3n) is 3.10. The van der Waals surface area contributed by atoms with Crippen LogP contribution in [0.4, 0.5) is 4.39 Å². The normalized spacial score (nSPS) is 20.6. The van der Waals surface area contributed by atoms with Gasteiger partial charge in [-0.15, -0.1) is 0 Å². The van der Waals surface area contributed by atoms with E-state index >= 15 is 0 Å². The third kappa shape index (κ3) is 2.59. The van der Waals surface area contributed by atoms with Crippen LogP contribution >= 0.6 is 15.9 Å². The molecule has 0 aromatic heterocycles. The van der Waals surface area contributed by atoms with Crippen molar-refractivity contribution in [3.8, 4) is 0 Å². The molecule has 1 aromatic carbocycles. The molecule has 1 atom stereocenters. The Bertz CT molecular complexity index is 544. The number of benzene rings is 1. The van der Waals surface area contributed by atoms with Crippen LogP contribution in [0, 0.1) is 5.82 Å². The fourth-order valence-corrected chi connectivity index (χ4v) is 4.30. The Kier molecular flexibility index (Phi) is 4.05. The van der Waals surface area contributed by atoms with E-state index in [4.69, 9.17) is 0 Å². The van der Waals surface area contributed by atoms with Gasteiger partial charge in [0.2, 0.25) is 10.0 Å². The van der Waals surface area contributed by atoms with Crippen LogP contribution < -0.4 is 5.32 Å². The van der Waals surface area contributed by atoms with Crippen molar-refractivity contribution in [1.29, 1.82) is 0 Å². The molecule has 1 aliphatic heterocycles. The molecule has 1 unspecified atom stereocenters. The highest BCUT2D eigenvalue weighted by Gasteiger charge is 2.31. The van der Waals surface area contributed by atoms with Crippen molar-refractivity contribution >= 4 is 26.0 Å². The molecule has 1 N–H and O–H groups in total. The van der Waals surface area contributed by atoms with Crippen molar-refractivity contribution in [3.05, 3.63) is 28.5 Å². The molecule has 7 heteroatoms. The highest BCUT2D eigenvalue weighted by molar-refractivity contribution is 9.10. The van der Waals surface area contributed by atoms with Crippen LogP contribution in [0.25, 0.3) is 0 Å². The quantitative estimate of drug-likeness (QED) is 0.911. The Balaban J connectivity index is 2.37. The van der Waals surface area contributed by atoms with Gasteiger partial charge in [-0.05, 0) is 47.1 Å². The molecule has 0 radical (unpaired) electrons. The van der Waals surface area contributed by atoms with Crippen molar-refractivity contribution < 1.29 is 12.8 Å². The molecular formula is C11H14BrFN2O2S. The third-order valence-corrected chi connectivity index (χ3v) is 6.00. The summed E-state index contributed by atoms with van der Waals surface area (Å²) in [7, 11) is -2.14. The topological polar surface area (TPSA) is 49.4 Å². The van der Waals surface area contributed by atoms with Gasteiger partial charge in [-0.3, -0.25) is 0 Å². The summed E-state index contributed by atoms with van der Waals surface area (Å²) < 4.78 is 39.7. The van der Waals surface area contributed by atoms with Crippen molar-refractivity contribution in [3.63, 3.8) is 0 Å². The number of nitrogens with zero attached hydrogens (tertiary/aromatic N) is 1. The Hall–Kier alpha value is -0.500. The maximum Gasteiger partial charge on any atom is 0.244 e. The molecule has 1 heterocycles. The molecule has 1 aromatic rings. The molecule has 0 spiro atoms. The lowest BCUT2D eigenvalue weighted by atomic mass is 10.3. The molecule has 100 valence electrons. The van der Waals surface area contributed by atoms with Gasteiger partial charge in [-0.25, -0.2) is 12.8 Å². The number of nitrogens with one attached hydrogen (secondary N) is 1. The molecule has 1 saturated heterocycles. The van der Waals surface area contributed by atoms with Crippen molar-refractivity contribution in [1.82, 2.24) is 9.62 Å². The molecule has 0 bridgehead atoms. The first kappa shape index (κ1) is 13.9. The van der Waals surface area contributed by atoms with E-state index in [2.05, 4.69) is 21.2 Å². The highest BCUT2D eigenvalue weighted by atomic mass is 79.9. The first-order chi connectivity index (χ1) is 8.43. The summed E-state index contributed by atoms with van der Waals surface area (Å²) >= 11 is 3.16. The van der Waals surface area contributed by atoms with Crippen LogP contribution in [0.1, 0.15) is 6.42 Å². The number of hydrogen-bond acceptors (Lipinski definition) is 3. The minimum atomic E-state index is -3.67. The standard InChI is InChI=1S/C11H14BrFN2O2S/c1-15(9-4-5-14-7-9)18(16,17)11-6-8(13)2-3-10(11)12/h2-3,6,9,14H,4-5,7H2,1H3. The molecule has 0 aliphatic carbocycles. The summed E-state index contributed by atoms with van der Waals surface area (Å²) in [5.74, 6) is -0.560. The van der Waals surface area contributed by atoms with Crippen LogP contribution in [-0.4, -0.2) is 38.9 Å². The van der Waals surface area contributed by atoms with Crippen LogP contribution in [0.3, 0.4) is 0 Å².